The lowest BCUT2D eigenvalue weighted by Gasteiger charge is -2.21. The molecule has 18 heavy (non-hydrogen) atoms. The van der Waals surface area contributed by atoms with Crippen molar-refractivity contribution in [3.63, 3.8) is 0 Å². The van der Waals surface area contributed by atoms with Crippen LogP contribution in [0.2, 0.25) is 0 Å². The lowest BCUT2D eigenvalue weighted by atomic mass is 9.97. The SMILES string of the molecule is CCCC(C)NC(=O)CNC1CCCCCCC1. The van der Waals surface area contributed by atoms with Gasteiger partial charge in [-0.2, -0.15) is 0 Å². The van der Waals surface area contributed by atoms with Crippen molar-refractivity contribution in [2.75, 3.05) is 6.54 Å². The predicted octanol–water partition coefficient (Wildman–Crippen LogP) is 2.99. The summed E-state index contributed by atoms with van der Waals surface area (Å²) in [4.78, 5) is 11.8. The molecule has 106 valence electrons. The van der Waals surface area contributed by atoms with Crippen LogP contribution in [0.1, 0.15) is 71.6 Å². The maximum Gasteiger partial charge on any atom is 0.234 e. The Morgan fingerprint density at radius 1 is 1.17 bits per heavy atom. The second-order valence-corrected chi connectivity index (χ2v) is 5.68. The summed E-state index contributed by atoms with van der Waals surface area (Å²) in [7, 11) is 0. The topological polar surface area (TPSA) is 41.1 Å². The summed E-state index contributed by atoms with van der Waals surface area (Å²) in [6.45, 7) is 4.71. The summed E-state index contributed by atoms with van der Waals surface area (Å²) >= 11 is 0. The van der Waals surface area contributed by atoms with Crippen molar-refractivity contribution in [3.8, 4) is 0 Å². The molecule has 1 rings (SSSR count). The third kappa shape index (κ3) is 7.00. The van der Waals surface area contributed by atoms with E-state index in [2.05, 4.69) is 24.5 Å². The second-order valence-electron chi connectivity index (χ2n) is 5.68. The zero-order valence-electron chi connectivity index (χ0n) is 12.1. The second kappa shape index (κ2) is 9.37. The Labute approximate surface area is 112 Å². The summed E-state index contributed by atoms with van der Waals surface area (Å²) in [5, 5.41) is 6.47. The molecule has 0 radical (unpaired) electrons. The van der Waals surface area contributed by atoms with E-state index in [1.54, 1.807) is 0 Å². The molecular weight excluding hydrogens is 224 g/mol. The maximum absolute atomic E-state index is 11.8. The highest BCUT2D eigenvalue weighted by atomic mass is 16.1. The summed E-state index contributed by atoms with van der Waals surface area (Å²) < 4.78 is 0. The van der Waals surface area contributed by atoms with E-state index in [9.17, 15) is 4.79 Å². The van der Waals surface area contributed by atoms with E-state index >= 15 is 0 Å². The first-order valence-electron chi connectivity index (χ1n) is 7.75. The molecule has 0 aliphatic heterocycles. The van der Waals surface area contributed by atoms with E-state index in [1.807, 2.05) is 0 Å². The van der Waals surface area contributed by atoms with Gasteiger partial charge in [0.1, 0.15) is 0 Å². The molecule has 1 aliphatic rings. The van der Waals surface area contributed by atoms with Crippen LogP contribution < -0.4 is 10.6 Å². The number of carbonyl (C=O) groups excluding carboxylic acids is 1. The molecule has 0 spiro atoms. The first kappa shape index (κ1) is 15.5. The van der Waals surface area contributed by atoms with Gasteiger partial charge in [0.25, 0.3) is 0 Å². The molecule has 1 unspecified atom stereocenters. The van der Waals surface area contributed by atoms with Gasteiger partial charge in [-0.05, 0) is 26.2 Å². The molecule has 0 heterocycles. The molecule has 0 aromatic heterocycles. The first-order valence-corrected chi connectivity index (χ1v) is 7.75. The Balaban J connectivity index is 2.15. The maximum atomic E-state index is 11.8. The Morgan fingerprint density at radius 2 is 1.78 bits per heavy atom. The van der Waals surface area contributed by atoms with Gasteiger partial charge in [0, 0.05) is 12.1 Å². The van der Waals surface area contributed by atoms with E-state index in [1.165, 1.54) is 44.9 Å². The monoisotopic (exact) mass is 254 g/mol. The van der Waals surface area contributed by atoms with Crippen molar-refractivity contribution in [3.05, 3.63) is 0 Å². The minimum atomic E-state index is 0.151. The minimum Gasteiger partial charge on any atom is -0.353 e. The van der Waals surface area contributed by atoms with Gasteiger partial charge in [0.2, 0.25) is 5.91 Å². The van der Waals surface area contributed by atoms with Crippen molar-refractivity contribution in [1.82, 2.24) is 10.6 Å². The Kier molecular flexibility index (Phi) is 8.06. The van der Waals surface area contributed by atoms with Gasteiger partial charge in [-0.25, -0.2) is 0 Å². The molecule has 0 saturated heterocycles. The lowest BCUT2D eigenvalue weighted by Crippen LogP contribution is -2.42. The summed E-state index contributed by atoms with van der Waals surface area (Å²) in [5.41, 5.74) is 0. The molecule has 1 saturated carbocycles. The van der Waals surface area contributed by atoms with Crippen molar-refractivity contribution in [1.29, 1.82) is 0 Å². The van der Waals surface area contributed by atoms with Crippen molar-refractivity contribution < 1.29 is 4.79 Å². The van der Waals surface area contributed by atoms with Crippen LogP contribution >= 0.6 is 0 Å². The third-order valence-corrected chi connectivity index (χ3v) is 3.79. The summed E-state index contributed by atoms with van der Waals surface area (Å²) in [6.07, 6.45) is 11.4. The molecule has 0 aromatic rings. The van der Waals surface area contributed by atoms with Crippen LogP contribution in [0, 0.1) is 0 Å². The molecule has 3 nitrogen and oxygen atoms in total. The standard InChI is InChI=1S/C15H30N2O/c1-3-9-13(2)17-15(18)12-16-14-10-7-5-4-6-8-11-14/h13-14,16H,3-12H2,1-2H3,(H,17,18). The van der Waals surface area contributed by atoms with Crippen LogP contribution in [0.4, 0.5) is 0 Å². The van der Waals surface area contributed by atoms with Gasteiger partial charge in [0.15, 0.2) is 0 Å². The van der Waals surface area contributed by atoms with Gasteiger partial charge in [-0.1, -0.05) is 45.4 Å². The average Bonchev–Trinajstić information content (AvgIpc) is 2.27. The van der Waals surface area contributed by atoms with Crippen molar-refractivity contribution in [2.24, 2.45) is 0 Å². The smallest absolute Gasteiger partial charge is 0.234 e. The molecule has 1 fully saturated rings. The molecule has 1 amide bonds. The zero-order chi connectivity index (χ0) is 13.2. The zero-order valence-corrected chi connectivity index (χ0v) is 12.1. The van der Waals surface area contributed by atoms with Gasteiger partial charge < -0.3 is 10.6 Å². The lowest BCUT2D eigenvalue weighted by molar-refractivity contribution is -0.121. The van der Waals surface area contributed by atoms with Gasteiger partial charge in [-0.15, -0.1) is 0 Å². The number of amides is 1. The fourth-order valence-electron chi connectivity index (χ4n) is 2.73. The molecule has 2 N–H and O–H groups in total. The number of hydrogen-bond acceptors (Lipinski definition) is 2. The van der Waals surface area contributed by atoms with Crippen LogP contribution in [0.3, 0.4) is 0 Å². The van der Waals surface area contributed by atoms with Gasteiger partial charge >= 0.3 is 0 Å². The molecule has 0 aromatic carbocycles. The molecule has 0 bridgehead atoms. The van der Waals surface area contributed by atoms with Crippen LogP contribution in [0.5, 0.6) is 0 Å². The summed E-state index contributed by atoms with van der Waals surface area (Å²) in [5.74, 6) is 0.151. The average molecular weight is 254 g/mol. The largest absolute Gasteiger partial charge is 0.353 e. The first-order chi connectivity index (χ1) is 8.72. The van der Waals surface area contributed by atoms with Crippen molar-refractivity contribution in [2.45, 2.75) is 83.7 Å². The highest BCUT2D eigenvalue weighted by Crippen LogP contribution is 2.16. The Hall–Kier alpha value is -0.570. The molecule has 1 atom stereocenters. The van der Waals surface area contributed by atoms with E-state index in [4.69, 9.17) is 0 Å². The summed E-state index contributed by atoms with van der Waals surface area (Å²) in [6, 6.07) is 0.860. The minimum absolute atomic E-state index is 0.151. The normalized spacial score (nSPS) is 19.9. The van der Waals surface area contributed by atoms with E-state index < -0.39 is 0 Å². The molecule has 3 heteroatoms. The Morgan fingerprint density at radius 3 is 2.39 bits per heavy atom. The third-order valence-electron chi connectivity index (χ3n) is 3.79. The van der Waals surface area contributed by atoms with Crippen LogP contribution in [-0.2, 0) is 4.79 Å². The van der Waals surface area contributed by atoms with Crippen LogP contribution in [-0.4, -0.2) is 24.5 Å². The predicted molar refractivity (Wildman–Crippen MR) is 76.6 cm³/mol. The van der Waals surface area contributed by atoms with Crippen LogP contribution in [0.25, 0.3) is 0 Å². The van der Waals surface area contributed by atoms with Crippen LogP contribution in [0.15, 0.2) is 0 Å². The Bertz CT molecular complexity index is 223. The van der Waals surface area contributed by atoms with Gasteiger partial charge in [0.05, 0.1) is 6.54 Å². The van der Waals surface area contributed by atoms with Crippen molar-refractivity contribution >= 4 is 5.91 Å². The molecule has 1 aliphatic carbocycles. The highest BCUT2D eigenvalue weighted by Gasteiger charge is 2.13. The number of carbonyl (C=O) groups is 1. The quantitative estimate of drug-likeness (QED) is 0.765. The van der Waals surface area contributed by atoms with E-state index in [-0.39, 0.29) is 5.91 Å². The fourth-order valence-corrected chi connectivity index (χ4v) is 2.73. The fraction of sp³-hybridized carbons (Fsp3) is 0.933. The van der Waals surface area contributed by atoms with E-state index in [0.29, 0.717) is 18.6 Å². The van der Waals surface area contributed by atoms with E-state index in [0.717, 1.165) is 12.8 Å². The number of rotatable bonds is 6. The number of hydrogen-bond donors (Lipinski definition) is 2. The number of nitrogens with one attached hydrogen (secondary N) is 2. The van der Waals surface area contributed by atoms with Gasteiger partial charge in [-0.3, -0.25) is 4.79 Å². The molecular formula is C15H30N2O. The highest BCUT2D eigenvalue weighted by molar-refractivity contribution is 5.78.